The highest BCUT2D eigenvalue weighted by Gasteiger charge is 2.46. The first-order valence-corrected chi connectivity index (χ1v) is 10.0. The summed E-state index contributed by atoms with van der Waals surface area (Å²) in [5, 5.41) is 9.33. The predicted molar refractivity (Wildman–Crippen MR) is 105 cm³/mol. The number of likely N-dealkylation sites (tertiary alicyclic amines) is 2. The average Bonchev–Trinajstić information content (AvgIpc) is 3.33. The Morgan fingerprint density at radius 1 is 1.20 bits per heavy atom. The maximum absolute atomic E-state index is 13.2. The number of ether oxygens (including phenoxy) is 2. The molecule has 2 aliphatic heterocycles. The standard InChI is InChI=1S/C21H26N4O5/c1-21(2,3)30-20(28)25-13-16(29-19(27)14-6-8-23-9-7-14)11-17(25)18(26)24-10-4-5-15(24)12-22/h6-9,15-17H,4-5,10-11,13H2,1-3H3/t15-,16?,17?/m0/s1. The average molecular weight is 414 g/mol. The van der Waals surface area contributed by atoms with Crippen molar-refractivity contribution in [2.45, 2.75) is 63.8 Å². The normalized spacial score (nSPS) is 23.7. The van der Waals surface area contributed by atoms with Crippen molar-refractivity contribution in [1.82, 2.24) is 14.8 Å². The molecule has 160 valence electrons. The summed E-state index contributed by atoms with van der Waals surface area (Å²) in [6, 6.07) is 3.87. The Labute approximate surface area is 175 Å². The van der Waals surface area contributed by atoms with Gasteiger partial charge >= 0.3 is 12.1 Å². The molecule has 0 spiro atoms. The second-order valence-corrected chi connectivity index (χ2v) is 8.47. The van der Waals surface area contributed by atoms with Crippen molar-refractivity contribution < 1.29 is 23.9 Å². The first kappa shape index (κ1) is 21.6. The molecule has 1 aromatic heterocycles. The van der Waals surface area contributed by atoms with E-state index < -0.39 is 35.9 Å². The van der Waals surface area contributed by atoms with E-state index in [1.165, 1.54) is 34.3 Å². The summed E-state index contributed by atoms with van der Waals surface area (Å²) >= 11 is 0. The number of esters is 1. The van der Waals surface area contributed by atoms with E-state index in [2.05, 4.69) is 11.1 Å². The summed E-state index contributed by atoms with van der Waals surface area (Å²) in [4.78, 5) is 45.0. The molecule has 0 aromatic carbocycles. The Kier molecular flexibility index (Phi) is 6.25. The molecule has 3 heterocycles. The molecule has 2 fully saturated rings. The van der Waals surface area contributed by atoms with Gasteiger partial charge in [0, 0.05) is 25.4 Å². The van der Waals surface area contributed by atoms with Crippen LogP contribution in [0, 0.1) is 11.3 Å². The maximum Gasteiger partial charge on any atom is 0.411 e. The van der Waals surface area contributed by atoms with E-state index in [9.17, 15) is 19.6 Å². The minimum atomic E-state index is -0.843. The number of hydrogen-bond donors (Lipinski definition) is 0. The molecule has 0 bridgehead atoms. The number of nitriles is 1. The molecule has 9 heteroatoms. The lowest BCUT2D eigenvalue weighted by Gasteiger charge is -2.30. The molecule has 2 saturated heterocycles. The minimum absolute atomic E-state index is 0.0488. The molecule has 0 saturated carbocycles. The van der Waals surface area contributed by atoms with E-state index in [-0.39, 0.29) is 18.9 Å². The van der Waals surface area contributed by atoms with Crippen molar-refractivity contribution in [1.29, 1.82) is 5.26 Å². The highest BCUT2D eigenvalue weighted by molar-refractivity contribution is 5.90. The Hall–Kier alpha value is -3.15. The molecule has 9 nitrogen and oxygen atoms in total. The van der Waals surface area contributed by atoms with Crippen molar-refractivity contribution in [2.75, 3.05) is 13.1 Å². The summed E-state index contributed by atoms with van der Waals surface area (Å²) in [7, 11) is 0. The third kappa shape index (κ3) is 4.87. The zero-order valence-electron chi connectivity index (χ0n) is 17.4. The molecule has 1 aromatic rings. The van der Waals surface area contributed by atoms with Gasteiger partial charge in [-0.05, 0) is 45.7 Å². The highest BCUT2D eigenvalue weighted by Crippen LogP contribution is 2.28. The van der Waals surface area contributed by atoms with Crippen LogP contribution in [0.5, 0.6) is 0 Å². The van der Waals surface area contributed by atoms with E-state index >= 15 is 0 Å². The summed E-state index contributed by atoms with van der Waals surface area (Å²) in [5.41, 5.74) is -0.396. The molecule has 30 heavy (non-hydrogen) atoms. The largest absolute Gasteiger partial charge is 0.457 e. The van der Waals surface area contributed by atoms with E-state index in [0.29, 0.717) is 18.5 Å². The van der Waals surface area contributed by atoms with Crippen LogP contribution in [0.25, 0.3) is 0 Å². The Bertz CT molecular complexity index is 845. The van der Waals surface area contributed by atoms with Gasteiger partial charge < -0.3 is 14.4 Å². The first-order valence-electron chi connectivity index (χ1n) is 10.0. The van der Waals surface area contributed by atoms with Crippen LogP contribution >= 0.6 is 0 Å². The summed E-state index contributed by atoms with van der Waals surface area (Å²) in [6.45, 7) is 5.74. The number of rotatable bonds is 3. The Morgan fingerprint density at radius 3 is 2.53 bits per heavy atom. The molecule has 2 amide bonds. The van der Waals surface area contributed by atoms with Gasteiger partial charge in [0.1, 0.15) is 23.8 Å². The number of carbonyl (C=O) groups excluding carboxylic acids is 3. The lowest BCUT2D eigenvalue weighted by Crippen LogP contribution is -2.50. The van der Waals surface area contributed by atoms with Gasteiger partial charge in [0.2, 0.25) is 5.91 Å². The third-order valence-electron chi connectivity index (χ3n) is 5.05. The van der Waals surface area contributed by atoms with Crippen LogP contribution in [-0.4, -0.2) is 69.6 Å². The second-order valence-electron chi connectivity index (χ2n) is 8.47. The first-order chi connectivity index (χ1) is 14.2. The SMILES string of the molecule is CC(C)(C)OC(=O)N1CC(OC(=O)c2ccncc2)CC1C(=O)N1CCC[C@H]1C#N. The monoisotopic (exact) mass is 414 g/mol. The van der Waals surface area contributed by atoms with Gasteiger partial charge in [-0.15, -0.1) is 0 Å². The number of amides is 2. The predicted octanol–water partition coefficient (Wildman–Crippen LogP) is 2.13. The minimum Gasteiger partial charge on any atom is -0.457 e. The number of aromatic nitrogens is 1. The third-order valence-corrected chi connectivity index (χ3v) is 5.05. The topological polar surface area (TPSA) is 113 Å². The lowest BCUT2D eigenvalue weighted by atomic mass is 10.1. The molecule has 3 atom stereocenters. The fourth-order valence-electron chi connectivity index (χ4n) is 3.70. The van der Waals surface area contributed by atoms with E-state index in [0.717, 1.165) is 6.42 Å². The van der Waals surface area contributed by atoms with Gasteiger partial charge in [-0.2, -0.15) is 5.26 Å². The summed E-state index contributed by atoms with van der Waals surface area (Å²) < 4.78 is 11.0. The summed E-state index contributed by atoms with van der Waals surface area (Å²) in [6.07, 6.45) is 3.18. The van der Waals surface area contributed by atoms with E-state index in [1.807, 2.05) is 0 Å². The number of hydrogen-bond acceptors (Lipinski definition) is 7. The van der Waals surface area contributed by atoms with E-state index in [4.69, 9.17) is 9.47 Å². The highest BCUT2D eigenvalue weighted by atomic mass is 16.6. The lowest BCUT2D eigenvalue weighted by molar-refractivity contribution is -0.136. The van der Waals surface area contributed by atoms with Gasteiger partial charge in [-0.3, -0.25) is 14.7 Å². The molecule has 2 aliphatic rings. The van der Waals surface area contributed by atoms with Crippen LogP contribution in [0.2, 0.25) is 0 Å². The molecular formula is C21H26N4O5. The van der Waals surface area contributed by atoms with Crippen molar-refractivity contribution in [3.05, 3.63) is 30.1 Å². The van der Waals surface area contributed by atoms with Crippen molar-refractivity contribution in [3.8, 4) is 6.07 Å². The zero-order chi connectivity index (χ0) is 21.9. The van der Waals surface area contributed by atoms with Crippen LogP contribution in [0.1, 0.15) is 50.4 Å². The van der Waals surface area contributed by atoms with E-state index in [1.54, 1.807) is 20.8 Å². The molecule has 3 rings (SSSR count). The summed E-state index contributed by atoms with van der Waals surface area (Å²) in [5.74, 6) is -0.858. The fraction of sp³-hybridized carbons (Fsp3) is 0.571. The molecule has 0 radical (unpaired) electrons. The van der Waals surface area contributed by atoms with Gasteiger partial charge in [0.05, 0.1) is 18.2 Å². The molecule has 2 unspecified atom stereocenters. The smallest absolute Gasteiger partial charge is 0.411 e. The number of pyridine rings is 1. The van der Waals surface area contributed by atoms with Crippen molar-refractivity contribution in [2.24, 2.45) is 0 Å². The Balaban J connectivity index is 1.77. The van der Waals surface area contributed by atoms with Crippen LogP contribution in [-0.2, 0) is 14.3 Å². The number of carbonyl (C=O) groups is 3. The van der Waals surface area contributed by atoms with Crippen LogP contribution in [0.15, 0.2) is 24.5 Å². The van der Waals surface area contributed by atoms with Crippen molar-refractivity contribution >= 4 is 18.0 Å². The van der Waals surface area contributed by atoms with Gasteiger partial charge in [0.25, 0.3) is 0 Å². The second kappa shape index (κ2) is 8.69. The van der Waals surface area contributed by atoms with Crippen LogP contribution < -0.4 is 0 Å². The molecular weight excluding hydrogens is 388 g/mol. The molecule has 0 aliphatic carbocycles. The molecule has 0 N–H and O–H groups in total. The number of nitrogens with zero attached hydrogens (tertiary/aromatic N) is 4. The maximum atomic E-state index is 13.2. The van der Waals surface area contributed by atoms with Gasteiger partial charge in [-0.1, -0.05) is 0 Å². The quantitative estimate of drug-likeness (QED) is 0.696. The van der Waals surface area contributed by atoms with Gasteiger partial charge in [0.15, 0.2) is 0 Å². The van der Waals surface area contributed by atoms with Crippen molar-refractivity contribution in [3.63, 3.8) is 0 Å². The van der Waals surface area contributed by atoms with Gasteiger partial charge in [-0.25, -0.2) is 9.59 Å². The fourth-order valence-corrected chi connectivity index (χ4v) is 3.70. The zero-order valence-corrected chi connectivity index (χ0v) is 17.4. The van der Waals surface area contributed by atoms with Crippen LogP contribution in [0.4, 0.5) is 4.79 Å². The van der Waals surface area contributed by atoms with Crippen LogP contribution in [0.3, 0.4) is 0 Å². The Morgan fingerprint density at radius 2 is 1.90 bits per heavy atom.